The number of furan rings is 1. The second-order valence-corrected chi connectivity index (χ2v) is 17.7. The number of hydrogen-bond acceptors (Lipinski definition) is 3. The maximum absolute atomic E-state index is 9.80. The van der Waals surface area contributed by atoms with Gasteiger partial charge in [0.1, 0.15) is 5.58 Å². The van der Waals surface area contributed by atoms with Gasteiger partial charge in [-0.3, -0.25) is 0 Å². The molecule has 0 N–H and O–H groups in total. The van der Waals surface area contributed by atoms with Gasteiger partial charge in [0.05, 0.1) is 5.58 Å². The van der Waals surface area contributed by atoms with Crippen molar-refractivity contribution in [1.29, 1.82) is 0 Å². The van der Waals surface area contributed by atoms with Crippen LogP contribution in [0, 0.1) is 36.7 Å². The number of rotatable bonds is 3. The summed E-state index contributed by atoms with van der Waals surface area (Å²) in [5.74, 6) is -1.17. The maximum atomic E-state index is 9.80. The Bertz CT molecular complexity index is 2950. The van der Waals surface area contributed by atoms with Crippen LogP contribution in [0.3, 0.4) is 0 Å². The Hall–Kier alpha value is -4.63. The Kier molecular flexibility index (Phi) is 8.44. The molecule has 1 aliphatic rings. The van der Waals surface area contributed by atoms with Gasteiger partial charge in [0.25, 0.3) is 0 Å². The van der Waals surface area contributed by atoms with Gasteiger partial charge in [0.2, 0.25) is 0 Å². The molecule has 4 heteroatoms. The number of nitrogens with zero attached hydrogens (tertiary/aromatic N) is 2. The Morgan fingerprint density at radius 2 is 1.45 bits per heavy atom. The van der Waals surface area contributed by atoms with E-state index < -0.39 is 19.6 Å². The zero-order valence-corrected chi connectivity index (χ0v) is 35.5. The average Bonchev–Trinajstić information content (AvgIpc) is 3.58. The summed E-state index contributed by atoms with van der Waals surface area (Å²) in [7, 11) is 0. The summed E-state index contributed by atoms with van der Waals surface area (Å²) in [6.07, 6.45) is 5.24. The van der Waals surface area contributed by atoms with Gasteiger partial charge in [-0.05, 0) is 92.5 Å². The van der Waals surface area contributed by atoms with Crippen LogP contribution in [0.1, 0.15) is 105 Å². The molecule has 0 atom stereocenters. The molecule has 1 radical (unpaired) electrons. The summed E-state index contributed by atoms with van der Waals surface area (Å²) in [5, 5.41) is 5.02. The predicted molar refractivity (Wildman–Crippen MR) is 232 cm³/mol. The first-order valence-electron chi connectivity index (χ1n) is 22.6. The van der Waals surface area contributed by atoms with Crippen molar-refractivity contribution in [3.63, 3.8) is 0 Å². The van der Waals surface area contributed by atoms with Gasteiger partial charge in [0, 0.05) is 52.9 Å². The summed E-state index contributed by atoms with van der Waals surface area (Å²) in [5.41, 5.74) is 5.42. The first-order valence-corrected chi connectivity index (χ1v) is 19.1. The topological polar surface area (TPSA) is 38.9 Å². The molecule has 3 heterocycles. The molecule has 3 nitrogen and oxygen atoms in total. The summed E-state index contributed by atoms with van der Waals surface area (Å²) in [6, 6.07) is 37.6. The van der Waals surface area contributed by atoms with Crippen LogP contribution < -0.4 is 0 Å². The number of benzene rings is 5. The van der Waals surface area contributed by atoms with Crippen molar-refractivity contribution < 1.29 is 34.1 Å². The van der Waals surface area contributed by atoms with Crippen molar-refractivity contribution in [3.05, 3.63) is 144 Å². The van der Waals surface area contributed by atoms with Gasteiger partial charge in [-0.15, -0.1) is 53.6 Å². The standard InChI is InChI=1S/C37H36NO.C15H16N.Ir/c1-22-11-15-28(31-17-30(23(2)20-38-31)26-18-36(3,4)21-37(5,6)19-26)34-32(22)29-16-14-25-13-12-24-9-7-8-10-27(24)33(25)35(29)39-34;1-15(2,3)13-9-10-14(16-11-13)12-7-5-4-6-8-12;/h7-14,16-17,20,26H,18-19,21H2,1-6H3;4-7,9-11H,1-3H3;/q2*-1;/i1D3,2D3,26D;;. The van der Waals surface area contributed by atoms with Crippen LogP contribution in [-0.4, -0.2) is 9.97 Å². The molecule has 8 aromatic rings. The number of hydrogen-bond donors (Lipinski definition) is 0. The Morgan fingerprint density at radius 3 is 2.14 bits per heavy atom. The molecule has 56 heavy (non-hydrogen) atoms. The minimum Gasteiger partial charge on any atom is -0.500 e. The normalized spacial score (nSPS) is 18.3. The van der Waals surface area contributed by atoms with Crippen molar-refractivity contribution in [2.24, 2.45) is 10.8 Å². The van der Waals surface area contributed by atoms with E-state index in [2.05, 4.69) is 88.8 Å². The molecule has 3 aromatic heterocycles. The minimum atomic E-state index is -2.47. The molecule has 0 aliphatic heterocycles. The molecule has 0 bridgehead atoms. The van der Waals surface area contributed by atoms with Gasteiger partial charge in [0.15, 0.2) is 0 Å². The molecule has 9 rings (SSSR count). The second kappa shape index (κ2) is 15.0. The van der Waals surface area contributed by atoms with Gasteiger partial charge in [-0.25, -0.2) is 0 Å². The number of aryl methyl sites for hydroxylation is 2. The molecule has 0 unspecified atom stereocenters. The van der Waals surface area contributed by atoms with Gasteiger partial charge in [-0.2, -0.15) is 0 Å². The van der Waals surface area contributed by atoms with E-state index in [0.717, 1.165) is 39.2 Å². The van der Waals surface area contributed by atoms with Crippen molar-refractivity contribution in [3.8, 4) is 22.5 Å². The van der Waals surface area contributed by atoms with Crippen molar-refractivity contribution in [1.82, 2.24) is 9.97 Å². The fourth-order valence-electron chi connectivity index (χ4n) is 8.82. The number of pyridine rings is 2. The zero-order valence-electron chi connectivity index (χ0n) is 40.1. The first kappa shape index (κ1) is 31.5. The van der Waals surface area contributed by atoms with E-state index in [0.29, 0.717) is 51.6 Å². The number of fused-ring (bicyclic) bond motifs is 7. The monoisotopic (exact) mass is 920 g/mol. The predicted octanol–water partition coefficient (Wildman–Crippen LogP) is 14.5. The largest absolute Gasteiger partial charge is 0.500 e. The van der Waals surface area contributed by atoms with E-state index in [1.54, 1.807) is 6.07 Å². The zero-order chi connectivity index (χ0) is 44.6. The fourth-order valence-corrected chi connectivity index (χ4v) is 8.82. The van der Waals surface area contributed by atoms with Crippen molar-refractivity contribution in [2.45, 2.75) is 92.7 Å². The van der Waals surface area contributed by atoms with Crippen LogP contribution in [0.25, 0.3) is 66.0 Å². The SMILES string of the molecule is CC(C)(C)c1ccc(-c2[c-]cccc2)nc1.[2H]C([2H])([2H])c1cnc(-c2[c-]cc(C([2H])([2H])[2H])c3c2oc2c3ccc3ccc4ccccc4c32)cc1C1([2H])CC(C)(C)CC(C)(C)C1.[Ir]. The van der Waals surface area contributed by atoms with E-state index in [1.807, 2.05) is 72.9 Å². The van der Waals surface area contributed by atoms with Crippen LogP contribution in [0.5, 0.6) is 0 Å². The van der Waals surface area contributed by atoms with Crippen LogP contribution >= 0.6 is 0 Å². The van der Waals surface area contributed by atoms with Crippen molar-refractivity contribution >= 4 is 43.5 Å². The van der Waals surface area contributed by atoms with E-state index >= 15 is 0 Å². The van der Waals surface area contributed by atoms with Crippen LogP contribution in [0.2, 0.25) is 0 Å². The number of aromatic nitrogens is 2. The minimum absolute atomic E-state index is 0. The third kappa shape index (κ3) is 7.71. The van der Waals surface area contributed by atoms with Crippen LogP contribution in [0.4, 0.5) is 0 Å². The third-order valence-corrected chi connectivity index (χ3v) is 10.9. The van der Waals surface area contributed by atoms with Crippen LogP contribution in [-0.2, 0) is 25.5 Å². The Labute approximate surface area is 356 Å². The van der Waals surface area contributed by atoms with E-state index in [9.17, 15) is 1.37 Å². The fraction of sp³-hybridized carbons (Fsp3) is 0.308. The third-order valence-electron chi connectivity index (χ3n) is 10.9. The molecular formula is C52H52IrN2O-2. The second-order valence-electron chi connectivity index (χ2n) is 17.7. The molecule has 287 valence electrons. The molecule has 0 amide bonds. The summed E-state index contributed by atoms with van der Waals surface area (Å²) in [4.78, 5) is 9.11. The quantitative estimate of drug-likeness (QED) is 0.131. The van der Waals surface area contributed by atoms with Crippen LogP contribution in [0.15, 0.2) is 114 Å². The first-order chi connectivity index (χ1) is 28.9. The Balaban J connectivity index is 0.000000295. The molecule has 0 spiro atoms. The van der Waals surface area contributed by atoms with E-state index in [-0.39, 0.29) is 47.5 Å². The maximum Gasteiger partial charge on any atom is 0.129 e. The summed E-state index contributed by atoms with van der Waals surface area (Å²) in [6.45, 7) is 10.2. The molecular weight excluding hydrogens is 861 g/mol. The molecule has 1 fully saturated rings. The van der Waals surface area contributed by atoms with E-state index in [4.69, 9.17) is 12.6 Å². The van der Waals surface area contributed by atoms with Gasteiger partial charge >= 0.3 is 0 Å². The summed E-state index contributed by atoms with van der Waals surface area (Å²) < 4.78 is 66.7. The molecule has 5 aromatic carbocycles. The van der Waals surface area contributed by atoms with Gasteiger partial charge < -0.3 is 14.4 Å². The van der Waals surface area contributed by atoms with Crippen molar-refractivity contribution in [2.75, 3.05) is 0 Å². The molecule has 1 aliphatic carbocycles. The Morgan fingerprint density at radius 1 is 0.732 bits per heavy atom. The molecule has 1 saturated carbocycles. The van der Waals surface area contributed by atoms with E-state index in [1.165, 1.54) is 17.8 Å². The smallest absolute Gasteiger partial charge is 0.129 e. The average molecular weight is 920 g/mol. The molecule has 0 saturated heterocycles. The summed E-state index contributed by atoms with van der Waals surface area (Å²) >= 11 is 0. The van der Waals surface area contributed by atoms with Gasteiger partial charge in [-0.1, -0.05) is 133 Å².